The van der Waals surface area contributed by atoms with E-state index in [1.54, 1.807) is 0 Å². The lowest BCUT2D eigenvalue weighted by atomic mass is 9.87. The van der Waals surface area contributed by atoms with E-state index in [0.29, 0.717) is 0 Å². The van der Waals surface area contributed by atoms with Crippen LogP contribution >= 0.6 is 0 Å². The summed E-state index contributed by atoms with van der Waals surface area (Å²) in [5, 5.41) is 0. The molecule has 2 rings (SSSR count). The average Bonchev–Trinajstić information content (AvgIpc) is 2.52. The lowest BCUT2D eigenvalue weighted by molar-refractivity contribution is 0.250. The molecular weight excluding hydrogens is 160 g/mol. The summed E-state index contributed by atoms with van der Waals surface area (Å²) in [6, 6.07) is 0. The number of likely N-dealkylation sites (tertiary alicyclic amines) is 1. The van der Waals surface area contributed by atoms with Crippen LogP contribution in [0.15, 0.2) is 4.99 Å². The van der Waals surface area contributed by atoms with E-state index in [1.807, 2.05) is 0 Å². The summed E-state index contributed by atoms with van der Waals surface area (Å²) in [6.07, 6.45) is 5.16. The molecule has 2 aliphatic rings. The van der Waals surface area contributed by atoms with Crippen molar-refractivity contribution in [2.45, 2.75) is 45.1 Å². The molecule has 0 aromatic carbocycles. The maximum atomic E-state index is 4.71. The van der Waals surface area contributed by atoms with Gasteiger partial charge in [-0.05, 0) is 39.3 Å². The van der Waals surface area contributed by atoms with Gasteiger partial charge < -0.3 is 4.90 Å². The maximum absolute atomic E-state index is 4.71. The van der Waals surface area contributed by atoms with Crippen molar-refractivity contribution < 1.29 is 0 Å². The van der Waals surface area contributed by atoms with Gasteiger partial charge in [0.1, 0.15) is 0 Å². The van der Waals surface area contributed by atoms with E-state index in [-0.39, 0.29) is 5.54 Å². The van der Waals surface area contributed by atoms with Crippen LogP contribution in [-0.2, 0) is 0 Å². The minimum absolute atomic E-state index is 0.273. The number of rotatable bonds is 3. The van der Waals surface area contributed by atoms with Gasteiger partial charge in [0.05, 0.1) is 5.54 Å². The molecule has 1 fully saturated rings. The topological polar surface area (TPSA) is 15.6 Å². The minimum atomic E-state index is 0.273. The van der Waals surface area contributed by atoms with Crippen molar-refractivity contribution in [1.82, 2.24) is 4.90 Å². The molecule has 0 aromatic rings. The highest BCUT2D eigenvalue weighted by Crippen LogP contribution is 2.29. The Morgan fingerprint density at radius 1 is 1.38 bits per heavy atom. The van der Waals surface area contributed by atoms with Crippen LogP contribution < -0.4 is 0 Å². The Morgan fingerprint density at radius 3 is 2.54 bits per heavy atom. The van der Waals surface area contributed by atoms with E-state index >= 15 is 0 Å². The van der Waals surface area contributed by atoms with Gasteiger partial charge >= 0.3 is 0 Å². The van der Waals surface area contributed by atoms with E-state index in [4.69, 9.17) is 4.99 Å². The van der Waals surface area contributed by atoms with Gasteiger partial charge in [-0.3, -0.25) is 4.99 Å². The molecule has 0 spiro atoms. The first-order valence-corrected chi connectivity index (χ1v) is 5.52. The second-order valence-electron chi connectivity index (χ2n) is 4.69. The molecule has 1 atom stereocenters. The summed E-state index contributed by atoms with van der Waals surface area (Å²) in [6.45, 7) is 8.29. The summed E-state index contributed by atoms with van der Waals surface area (Å²) in [5.74, 6) is 0. The van der Waals surface area contributed by atoms with Crippen LogP contribution in [0.5, 0.6) is 0 Å². The fraction of sp³-hybridized carbons (Fsp3) is 0.909. The zero-order valence-corrected chi connectivity index (χ0v) is 8.84. The number of nitrogens with zero attached hydrogens (tertiary/aromatic N) is 2. The highest BCUT2D eigenvalue weighted by atomic mass is 15.2. The molecule has 74 valence electrons. The average molecular weight is 180 g/mol. The molecular formula is C11H20N2. The first kappa shape index (κ1) is 9.20. The van der Waals surface area contributed by atoms with E-state index in [1.165, 1.54) is 44.6 Å². The van der Waals surface area contributed by atoms with Crippen molar-refractivity contribution >= 4 is 5.71 Å². The predicted octanol–water partition coefficient (Wildman–Crippen LogP) is 2.10. The van der Waals surface area contributed by atoms with Gasteiger partial charge in [-0.25, -0.2) is 0 Å². The summed E-state index contributed by atoms with van der Waals surface area (Å²) >= 11 is 0. The Bertz CT molecular complexity index is 216. The molecule has 0 aromatic heterocycles. The monoisotopic (exact) mass is 180 g/mol. The Labute approximate surface area is 81.0 Å². The summed E-state index contributed by atoms with van der Waals surface area (Å²) < 4.78 is 0. The van der Waals surface area contributed by atoms with Gasteiger partial charge in [-0.15, -0.1) is 0 Å². The SMILES string of the molecule is CCC1=NC(C)(CN2CCCC2)C1. The van der Waals surface area contributed by atoms with E-state index in [0.717, 1.165) is 6.42 Å². The molecule has 2 aliphatic heterocycles. The number of hydrogen-bond acceptors (Lipinski definition) is 2. The molecule has 0 saturated carbocycles. The molecule has 13 heavy (non-hydrogen) atoms. The first-order valence-electron chi connectivity index (χ1n) is 5.52. The van der Waals surface area contributed by atoms with Crippen molar-refractivity contribution in [3.05, 3.63) is 0 Å². The van der Waals surface area contributed by atoms with Gasteiger partial charge in [0.25, 0.3) is 0 Å². The van der Waals surface area contributed by atoms with Crippen molar-refractivity contribution in [3.8, 4) is 0 Å². The molecule has 2 heteroatoms. The zero-order valence-electron chi connectivity index (χ0n) is 8.84. The zero-order chi connectivity index (χ0) is 9.31. The highest BCUT2D eigenvalue weighted by Gasteiger charge is 2.35. The lowest BCUT2D eigenvalue weighted by Gasteiger charge is -2.38. The standard InChI is InChI=1S/C11H20N2/c1-3-10-8-11(2,12-10)9-13-6-4-5-7-13/h3-9H2,1-2H3. The molecule has 0 aliphatic carbocycles. The second-order valence-corrected chi connectivity index (χ2v) is 4.69. The lowest BCUT2D eigenvalue weighted by Crippen LogP contribution is -2.45. The second kappa shape index (κ2) is 3.41. The van der Waals surface area contributed by atoms with E-state index in [2.05, 4.69) is 18.7 Å². The van der Waals surface area contributed by atoms with Crippen molar-refractivity contribution in [2.24, 2.45) is 4.99 Å². The first-order chi connectivity index (χ1) is 6.22. The van der Waals surface area contributed by atoms with Crippen LogP contribution in [0.1, 0.15) is 39.5 Å². The van der Waals surface area contributed by atoms with Crippen LogP contribution in [0, 0.1) is 0 Å². The molecule has 1 unspecified atom stereocenters. The molecule has 0 N–H and O–H groups in total. The predicted molar refractivity (Wildman–Crippen MR) is 56.4 cm³/mol. The molecule has 2 heterocycles. The minimum Gasteiger partial charge on any atom is -0.301 e. The Balaban J connectivity index is 1.85. The molecule has 0 radical (unpaired) electrons. The number of aliphatic imine (C=N–C) groups is 1. The summed E-state index contributed by atoms with van der Waals surface area (Å²) in [4.78, 5) is 7.28. The van der Waals surface area contributed by atoms with E-state index < -0.39 is 0 Å². The van der Waals surface area contributed by atoms with Gasteiger partial charge in [-0.2, -0.15) is 0 Å². The van der Waals surface area contributed by atoms with Crippen molar-refractivity contribution in [1.29, 1.82) is 0 Å². The Morgan fingerprint density at radius 2 is 2.00 bits per heavy atom. The Kier molecular flexibility index (Phi) is 2.41. The van der Waals surface area contributed by atoms with Crippen LogP contribution in [-0.4, -0.2) is 35.8 Å². The van der Waals surface area contributed by atoms with E-state index in [9.17, 15) is 0 Å². The smallest absolute Gasteiger partial charge is 0.0757 e. The van der Waals surface area contributed by atoms with Crippen LogP contribution in [0.3, 0.4) is 0 Å². The van der Waals surface area contributed by atoms with Gasteiger partial charge in [-0.1, -0.05) is 6.92 Å². The largest absolute Gasteiger partial charge is 0.301 e. The molecule has 2 nitrogen and oxygen atoms in total. The normalized spacial score (nSPS) is 34.5. The third-order valence-electron chi connectivity index (χ3n) is 3.18. The van der Waals surface area contributed by atoms with Crippen molar-refractivity contribution in [2.75, 3.05) is 19.6 Å². The third-order valence-corrected chi connectivity index (χ3v) is 3.18. The van der Waals surface area contributed by atoms with Crippen LogP contribution in [0.4, 0.5) is 0 Å². The van der Waals surface area contributed by atoms with Crippen LogP contribution in [0.2, 0.25) is 0 Å². The highest BCUT2D eigenvalue weighted by molar-refractivity contribution is 5.90. The third kappa shape index (κ3) is 1.93. The van der Waals surface area contributed by atoms with Gasteiger partial charge in [0.2, 0.25) is 0 Å². The van der Waals surface area contributed by atoms with Gasteiger partial charge in [0, 0.05) is 18.7 Å². The van der Waals surface area contributed by atoms with Crippen molar-refractivity contribution in [3.63, 3.8) is 0 Å². The molecule has 1 saturated heterocycles. The quantitative estimate of drug-likeness (QED) is 0.649. The summed E-state index contributed by atoms with van der Waals surface area (Å²) in [7, 11) is 0. The van der Waals surface area contributed by atoms with Gasteiger partial charge in [0.15, 0.2) is 0 Å². The Hall–Kier alpha value is -0.370. The fourth-order valence-corrected chi connectivity index (χ4v) is 2.53. The molecule has 0 amide bonds. The van der Waals surface area contributed by atoms with Crippen LogP contribution in [0.25, 0.3) is 0 Å². The fourth-order valence-electron chi connectivity index (χ4n) is 2.53. The maximum Gasteiger partial charge on any atom is 0.0757 e. The number of hydrogen-bond donors (Lipinski definition) is 0. The summed E-state index contributed by atoms with van der Waals surface area (Å²) in [5.41, 5.74) is 1.69. The molecule has 0 bridgehead atoms.